The summed E-state index contributed by atoms with van der Waals surface area (Å²) in [6.07, 6.45) is 5.42. The van der Waals surface area contributed by atoms with Gasteiger partial charge in [0.05, 0.1) is 18.8 Å². The van der Waals surface area contributed by atoms with Crippen LogP contribution in [0.2, 0.25) is 0 Å². The number of rotatable bonds is 12. The van der Waals surface area contributed by atoms with Crippen LogP contribution in [0, 0.1) is 0 Å². The Hall–Kier alpha value is -4.05. The number of carbonyl (C=O) groups excluding carboxylic acids is 1. The molecule has 4 aromatic rings. The van der Waals surface area contributed by atoms with Gasteiger partial charge in [-0.3, -0.25) is 4.90 Å². The summed E-state index contributed by atoms with van der Waals surface area (Å²) in [5.74, 6) is 0. The summed E-state index contributed by atoms with van der Waals surface area (Å²) < 4.78 is 13.4. The Morgan fingerprint density at radius 3 is 2.18 bits per heavy atom. The number of ether oxygens (including phenoxy) is 2. The predicted octanol–water partition coefficient (Wildman–Crippen LogP) is 6.95. The van der Waals surface area contributed by atoms with E-state index in [1.165, 1.54) is 45.3 Å². The molecule has 50 heavy (non-hydrogen) atoms. The molecule has 7 rings (SSSR count). The molecule has 2 amide bonds. The van der Waals surface area contributed by atoms with Gasteiger partial charge in [-0.2, -0.15) is 0 Å². The summed E-state index contributed by atoms with van der Waals surface area (Å²) in [6.45, 7) is 6.62. The van der Waals surface area contributed by atoms with Crippen LogP contribution in [0.1, 0.15) is 72.3 Å². The fraction of sp³-hybridized carbons (Fsp3) is 0.405. The summed E-state index contributed by atoms with van der Waals surface area (Å²) in [5.41, 5.74) is 7.29. The Morgan fingerprint density at radius 2 is 1.42 bits per heavy atom. The molecule has 3 aliphatic rings. The molecule has 8 heteroatoms. The highest BCUT2D eigenvalue weighted by molar-refractivity contribution is 5.74. The topological polar surface area (TPSA) is 86.3 Å². The zero-order valence-corrected chi connectivity index (χ0v) is 28.9. The Labute approximate surface area is 296 Å². The fourth-order valence-corrected chi connectivity index (χ4v) is 7.62. The lowest BCUT2D eigenvalue weighted by Crippen LogP contribution is -2.45. The van der Waals surface area contributed by atoms with Crippen LogP contribution in [-0.2, 0) is 29.2 Å². The largest absolute Gasteiger partial charge is 0.392 e. The van der Waals surface area contributed by atoms with Crippen LogP contribution in [-0.4, -0.2) is 65.8 Å². The van der Waals surface area contributed by atoms with Crippen LogP contribution >= 0.6 is 0 Å². The molecule has 0 saturated carbocycles. The quantitative estimate of drug-likeness (QED) is 0.151. The minimum Gasteiger partial charge on any atom is -0.392 e. The highest BCUT2D eigenvalue weighted by atomic mass is 16.7. The first-order valence-electron chi connectivity index (χ1n) is 18.3. The molecule has 4 aromatic carbocycles. The molecule has 0 bridgehead atoms. The molecule has 0 radical (unpaired) electrons. The van der Waals surface area contributed by atoms with Gasteiger partial charge in [-0.1, -0.05) is 97.1 Å². The summed E-state index contributed by atoms with van der Waals surface area (Å²) in [6, 6.07) is 35.2. The SMILES string of the molecule is O=C(NCc1ccccc1)NCc1cccc(-c2ccc([C@@H]3O[C@H](CN4CCC[C@H]4CN4CCCC4)C[C@H](c4ccc(CO)cc4)O3)cc2)c1. The summed E-state index contributed by atoms with van der Waals surface area (Å²) >= 11 is 0. The number of likely N-dealkylation sites (tertiary alicyclic amines) is 2. The van der Waals surface area contributed by atoms with Gasteiger partial charge in [0.1, 0.15) is 0 Å². The second-order valence-electron chi connectivity index (χ2n) is 14.0. The van der Waals surface area contributed by atoms with Gasteiger partial charge in [-0.25, -0.2) is 4.79 Å². The van der Waals surface area contributed by atoms with Crippen molar-refractivity contribution in [1.82, 2.24) is 20.4 Å². The maximum Gasteiger partial charge on any atom is 0.315 e. The number of hydrogen-bond donors (Lipinski definition) is 3. The monoisotopic (exact) mass is 674 g/mol. The number of carbonyl (C=O) groups is 1. The van der Waals surface area contributed by atoms with Crippen molar-refractivity contribution >= 4 is 6.03 Å². The lowest BCUT2D eigenvalue weighted by Gasteiger charge is -2.39. The molecule has 3 aliphatic heterocycles. The molecule has 0 aromatic heterocycles. The van der Waals surface area contributed by atoms with Crippen LogP contribution < -0.4 is 10.6 Å². The summed E-state index contributed by atoms with van der Waals surface area (Å²) in [7, 11) is 0. The first kappa shape index (κ1) is 34.4. The molecule has 3 heterocycles. The maximum atomic E-state index is 12.4. The molecule has 0 spiro atoms. The first-order valence-corrected chi connectivity index (χ1v) is 18.3. The third-order valence-electron chi connectivity index (χ3n) is 10.4. The van der Waals surface area contributed by atoms with Crippen LogP contribution in [0.5, 0.6) is 0 Å². The van der Waals surface area contributed by atoms with E-state index in [1.54, 1.807) is 0 Å². The van der Waals surface area contributed by atoms with Gasteiger partial charge in [0.2, 0.25) is 0 Å². The smallest absolute Gasteiger partial charge is 0.315 e. The molecule has 3 N–H and O–H groups in total. The zero-order chi connectivity index (χ0) is 34.1. The van der Waals surface area contributed by atoms with E-state index in [0.29, 0.717) is 19.1 Å². The van der Waals surface area contributed by atoms with E-state index >= 15 is 0 Å². The molecular weight excluding hydrogens is 624 g/mol. The van der Waals surface area contributed by atoms with Crippen molar-refractivity contribution in [2.45, 2.75) is 76.3 Å². The molecular formula is C42H50N4O4. The van der Waals surface area contributed by atoms with E-state index in [0.717, 1.165) is 58.5 Å². The van der Waals surface area contributed by atoms with Gasteiger partial charge in [-0.15, -0.1) is 0 Å². The lowest BCUT2D eigenvalue weighted by atomic mass is 9.98. The normalized spacial score (nSPS) is 22.8. The van der Waals surface area contributed by atoms with Crippen LogP contribution in [0.15, 0.2) is 103 Å². The lowest BCUT2D eigenvalue weighted by molar-refractivity contribution is -0.253. The number of hydrogen-bond acceptors (Lipinski definition) is 6. The molecule has 262 valence electrons. The number of nitrogens with one attached hydrogen (secondary N) is 2. The Kier molecular flexibility index (Phi) is 11.5. The highest BCUT2D eigenvalue weighted by Gasteiger charge is 2.36. The van der Waals surface area contributed by atoms with E-state index in [2.05, 4.69) is 69.0 Å². The number of amides is 2. The fourth-order valence-electron chi connectivity index (χ4n) is 7.62. The molecule has 3 fully saturated rings. The van der Waals surface area contributed by atoms with E-state index in [-0.39, 0.29) is 24.8 Å². The van der Waals surface area contributed by atoms with E-state index in [9.17, 15) is 9.90 Å². The minimum absolute atomic E-state index is 0.0311. The average Bonchev–Trinajstić information content (AvgIpc) is 3.86. The molecule has 0 unspecified atom stereocenters. The summed E-state index contributed by atoms with van der Waals surface area (Å²) in [4.78, 5) is 17.7. The van der Waals surface area contributed by atoms with Crippen molar-refractivity contribution in [3.8, 4) is 11.1 Å². The van der Waals surface area contributed by atoms with Gasteiger partial charge in [0.25, 0.3) is 0 Å². The van der Waals surface area contributed by atoms with Gasteiger partial charge in [0, 0.05) is 44.2 Å². The zero-order valence-electron chi connectivity index (χ0n) is 28.9. The third-order valence-corrected chi connectivity index (χ3v) is 10.4. The van der Waals surface area contributed by atoms with Crippen molar-refractivity contribution < 1.29 is 19.4 Å². The molecule has 8 nitrogen and oxygen atoms in total. The second kappa shape index (κ2) is 16.8. The minimum atomic E-state index is -0.477. The Balaban J connectivity index is 1.01. The third kappa shape index (κ3) is 8.99. The van der Waals surface area contributed by atoms with Crippen LogP contribution in [0.3, 0.4) is 0 Å². The number of aliphatic hydroxyl groups is 1. The molecule has 3 saturated heterocycles. The Bertz CT molecular complexity index is 1660. The van der Waals surface area contributed by atoms with Crippen molar-refractivity contribution in [2.75, 3.05) is 32.7 Å². The van der Waals surface area contributed by atoms with Gasteiger partial charge in [-0.05, 0) is 84.8 Å². The van der Waals surface area contributed by atoms with E-state index in [4.69, 9.17) is 9.47 Å². The average molecular weight is 675 g/mol. The van der Waals surface area contributed by atoms with Crippen molar-refractivity contribution in [1.29, 1.82) is 0 Å². The van der Waals surface area contributed by atoms with Crippen molar-refractivity contribution in [3.05, 3.63) is 131 Å². The van der Waals surface area contributed by atoms with Crippen molar-refractivity contribution in [2.24, 2.45) is 0 Å². The van der Waals surface area contributed by atoms with Crippen molar-refractivity contribution in [3.63, 3.8) is 0 Å². The standard InChI is InChI=1S/C42H50N4O4/c47-30-32-13-15-35(16-14-32)40-25-39(29-46-23-7-12-38(46)28-45-21-4-5-22-45)49-41(50-40)36-19-17-34(18-20-36)37-11-6-10-33(24-37)27-44-42(48)43-26-31-8-2-1-3-9-31/h1-3,6,8-11,13-20,24,38-41,47H,4-5,7,12,21-23,25-30H2,(H2,43,44,48)/t38-,39-,40+,41+/m0/s1. The number of benzene rings is 4. The Morgan fingerprint density at radius 1 is 0.700 bits per heavy atom. The first-order chi connectivity index (χ1) is 24.6. The summed E-state index contributed by atoms with van der Waals surface area (Å²) in [5, 5.41) is 15.5. The second-order valence-corrected chi connectivity index (χ2v) is 14.0. The van der Waals surface area contributed by atoms with Crippen LogP contribution in [0.25, 0.3) is 11.1 Å². The maximum absolute atomic E-state index is 12.4. The van der Waals surface area contributed by atoms with Gasteiger partial charge >= 0.3 is 6.03 Å². The predicted molar refractivity (Wildman–Crippen MR) is 196 cm³/mol. The molecule has 0 aliphatic carbocycles. The molecule has 4 atom stereocenters. The van der Waals surface area contributed by atoms with Gasteiger partial charge < -0.3 is 30.1 Å². The number of aliphatic hydroxyl groups excluding tert-OH is 1. The van der Waals surface area contributed by atoms with E-state index in [1.807, 2.05) is 54.6 Å². The van der Waals surface area contributed by atoms with E-state index < -0.39 is 6.29 Å². The van der Waals surface area contributed by atoms with Crippen LogP contribution in [0.4, 0.5) is 4.79 Å². The number of urea groups is 1. The highest BCUT2D eigenvalue weighted by Crippen LogP contribution is 2.39. The van der Waals surface area contributed by atoms with Gasteiger partial charge in [0.15, 0.2) is 6.29 Å². The number of nitrogens with zero attached hydrogens (tertiary/aromatic N) is 2.